The zero-order chi connectivity index (χ0) is 15.1. The molecule has 0 bridgehead atoms. The number of benzene rings is 1. The van der Waals surface area contributed by atoms with Gasteiger partial charge in [-0.2, -0.15) is 0 Å². The van der Waals surface area contributed by atoms with Crippen molar-refractivity contribution in [3.8, 4) is 0 Å². The molecule has 0 saturated carbocycles. The molecule has 2 amide bonds. The first-order valence-corrected chi connectivity index (χ1v) is 5.88. The van der Waals surface area contributed by atoms with Gasteiger partial charge in [-0.05, 0) is 26.2 Å². The molecule has 0 fully saturated rings. The van der Waals surface area contributed by atoms with Crippen molar-refractivity contribution in [3.63, 3.8) is 0 Å². The van der Waals surface area contributed by atoms with Crippen LogP contribution in [0, 0.1) is 10.1 Å². The van der Waals surface area contributed by atoms with Gasteiger partial charge in [0, 0.05) is 30.9 Å². The van der Waals surface area contributed by atoms with E-state index in [-0.39, 0.29) is 5.69 Å². The summed E-state index contributed by atoms with van der Waals surface area (Å²) in [5, 5.41) is 15.3. The fourth-order valence-corrected chi connectivity index (χ4v) is 1.33. The van der Waals surface area contributed by atoms with Crippen molar-refractivity contribution in [2.75, 3.05) is 32.5 Å². The summed E-state index contributed by atoms with van der Waals surface area (Å²) in [4.78, 5) is 34.8. The summed E-state index contributed by atoms with van der Waals surface area (Å²) in [6, 6.07) is 5.23. The molecule has 0 aliphatic heterocycles. The minimum Gasteiger partial charge on any atom is -0.347 e. The third-order valence-electron chi connectivity index (χ3n) is 2.39. The fourth-order valence-electron chi connectivity index (χ4n) is 1.33. The van der Waals surface area contributed by atoms with Crippen molar-refractivity contribution in [1.82, 2.24) is 10.2 Å². The fraction of sp³-hybridized carbons (Fsp3) is 0.333. The zero-order valence-electron chi connectivity index (χ0n) is 11.3. The van der Waals surface area contributed by atoms with E-state index < -0.39 is 16.7 Å². The number of carbonyl (C=O) groups excluding carboxylic acids is 2. The molecule has 0 saturated heterocycles. The second-order valence-corrected chi connectivity index (χ2v) is 4.32. The molecule has 8 nitrogen and oxygen atoms in total. The number of nitrogens with one attached hydrogen (secondary N) is 2. The Hall–Kier alpha value is -2.48. The largest absolute Gasteiger partial charge is 0.347 e. The molecule has 108 valence electrons. The van der Waals surface area contributed by atoms with Gasteiger partial charge < -0.3 is 15.5 Å². The van der Waals surface area contributed by atoms with Crippen LogP contribution in [0.5, 0.6) is 0 Å². The van der Waals surface area contributed by atoms with Crippen LogP contribution in [0.2, 0.25) is 0 Å². The molecule has 0 aliphatic carbocycles. The van der Waals surface area contributed by atoms with E-state index in [9.17, 15) is 19.7 Å². The molecule has 0 aromatic heterocycles. The van der Waals surface area contributed by atoms with E-state index in [0.29, 0.717) is 18.8 Å². The average Bonchev–Trinajstić information content (AvgIpc) is 2.38. The summed E-state index contributed by atoms with van der Waals surface area (Å²) in [5.41, 5.74) is 0.238. The predicted octanol–water partition coefficient (Wildman–Crippen LogP) is 0.211. The van der Waals surface area contributed by atoms with Gasteiger partial charge in [-0.1, -0.05) is 0 Å². The molecular formula is C12H16N4O4. The van der Waals surface area contributed by atoms with Crippen LogP contribution < -0.4 is 10.6 Å². The Labute approximate surface area is 115 Å². The van der Waals surface area contributed by atoms with Crippen molar-refractivity contribution in [3.05, 3.63) is 34.4 Å². The van der Waals surface area contributed by atoms with Crippen LogP contribution in [0.4, 0.5) is 11.4 Å². The smallest absolute Gasteiger partial charge is 0.313 e. The van der Waals surface area contributed by atoms with Crippen LogP contribution in [0.25, 0.3) is 0 Å². The summed E-state index contributed by atoms with van der Waals surface area (Å²) in [6.07, 6.45) is 0. The van der Waals surface area contributed by atoms with Gasteiger partial charge in [-0.3, -0.25) is 19.7 Å². The molecule has 2 N–H and O–H groups in total. The molecule has 1 rings (SSSR count). The van der Waals surface area contributed by atoms with Crippen LogP contribution in [-0.4, -0.2) is 48.8 Å². The number of nitrogens with zero attached hydrogens (tertiary/aromatic N) is 2. The van der Waals surface area contributed by atoms with E-state index in [0.717, 1.165) is 0 Å². The number of anilines is 1. The van der Waals surface area contributed by atoms with Crippen molar-refractivity contribution in [2.24, 2.45) is 0 Å². The van der Waals surface area contributed by atoms with E-state index in [1.807, 2.05) is 19.0 Å². The summed E-state index contributed by atoms with van der Waals surface area (Å²) in [6.45, 7) is 0.982. The lowest BCUT2D eigenvalue weighted by Gasteiger charge is -2.10. The molecule has 0 heterocycles. The lowest BCUT2D eigenvalue weighted by atomic mass is 10.3. The van der Waals surface area contributed by atoms with E-state index in [2.05, 4.69) is 10.6 Å². The molecule has 0 atom stereocenters. The Morgan fingerprint density at radius 3 is 2.30 bits per heavy atom. The van der Waals surface area contributed by atoms with Crippen molar-refractivity contribution < 1.29 is 14.5 Å². The highest BCUT2D eigenvalue weighted by Crippen LogP contribution is 2.15. The molecule has 0 spiro atoms. The molecule has 1 aromatic rings. The predicted molar refractivity (Wildman–Crippen MR) is 73.3 cm³/mol. The van der Waals surface area contributed by atoms with Gasteiger partial charge >= 0.3 is 11.8 Å². The summed E-state index contributed by atoms with van der Waals surface area (Å²) in [5.74, 6) is -1.55. The second-order valence-electron chi connectivity index (χ2n) is 4.32. The maximum atomic E-state index is 11.5. The molecule has 8 heteroatoms. The van der Waals surface area contributed by atoms with Gasteiger partial charge in [0.05, 0.1) is 4.92 Å². The SMILES string of the molecule is CN(C)CCNC(=O)C(=O)Nc1ccc([N+](=O)[O-])cc1. The maximum Gasteiger partial charge on any atom is 0.313 e. The number of non-ortho nitro benzene ring substituents is 1. The Morgan fingerprint density at radius 1 is 1.20 bits per heavy atom. The van der Waals surface area contributed by atoms with E-state index in [1.165, 1.54) is 24.3 Å². The monoisotopic (exact) mass is 280 g/mol. The summed E-state index contributed by atoms with van der Waals surface area (Å²) in [7, 11) is 3.70. The molecule has 0 radical (unpaired) electrons. The highest BCUT2D eigenvalue weighted by atomic mass is 16.6. The van der Waals surface area contributed by atoms with E-state index >= 15 is 0 Å². The Morgan fingerprint density at radius 2 is 1.80 bits per heavy atom. The van der Waals surface area contributed by atoms with Crippen LogP contribution in [0.1, 0.15) is 0 Å². The van der Waals surface area contributed by atoms with Gasteiger partial charge in [0.1, 0.15) is 0 Å². The number of hydrogen-bond donors (Lipinski definition) is 2. The Balaban J connectivity index is 2.49. The lowest BCUT2D eigenvalue weighted by Crippen LogP contribution is -2.38. The van der Waals surface area contributed by atoms with Crippen molar-refractivity contribution in [1.29, 1.82) is 0 Å². The van der Waals surface area contributed by atoms with E-state index in [4.69, 9.17) is 0 Å². The Bertz CT molecular complexity index is 499. The van der Waals surface area contributed by atoms with Crippen LogP contribution >= 0.6 is 0 Å². The second kappa shape index (κ2) is 7.19. The highest BCUT2D eigenvalue weighted by Gasteiger charge is 2.13. The first kappa shape index (κ1) is 15.6. The zero-order valence-corrected chi connectivity index (χ0v) is 11.3. The number of nitro groups is 1. The third-order valence-corrected chi connectivity index (χ3v) is 2.39. The number of hydrogen-bond acceptors (Lipinski definition) is 5. The van der Waals surface area contributed by atoms with Crippen LogP contribution in [0.3, 0.4) is 0 Å². The third kappa shape index (κ3) is 5.02. The first-order chi connectivity index (χ1) is 9.40. The number of nitro benzene ring substituents is 1. The molecule has 0 unspecified atom stereocenters. The van der Waals surface area contributed by atoms with Gasteiger partial charge in [-0.15, -0.1) is 0 Å². The highest BCUT2D eigenvalue weighted by molar-refractivity contribution is 6.39. The summed E-state index contributed by atoms with van der Waals surface area (Å²) < 4.78 is 0. The molecular weight excluding hydrogens is 264 g/mol. The Kier molecular flexibility index (Phi) is 5.60. The first-order valence-electron chi connectivity index (χ1n) is 5.88. The molecule has 0 aliphatic rings. The van der Waals surface area contributed by atoms with Crippen LogP contribution in [-0.2, 0) is 9.59 Å². The standard InChI is InChI=1S/C12H16N4O4/c1-15(2)8-7-13-11(17)12(18)14-9-3-5-10(6-4-9)16(19)20/h3-6H,7-8H2,1-2H3,(H,13,17)(H,14,18). The van der Waals surface area contributed by atoms with Gasteiger partial charge in [0.25, 0.3) is 5.69 Å². The number of carbonyl (C=O) groups is 2. The quantitative estimate of drug-likeness (QED) is 0.456. The minimum atomic E-state index is -0.808. The van der Waals surface area contributed by atoms with Crippen LogP contribution in [0.15, 0.2) is 24.3 Å². The van der Waals surface area contributed by atoms with Gasteiger partial charge in [0.15, 0.2) is 0 Å². The summed E-state index contributed by atoms with van der Waals surface area (Å²) >= 11 is 0. The maximum absolute atomic E-state index is 11.5. The number of rotatable bonds is 5. The normalized spacial score (nSPS) is 10.2. The lowest BCUT2D eigenvalue weighted by molar-refractivity contribution is -0.384. The van der Waals surface area contributed by atoms with Crippen molar-refractivity contribution in [2.45, 2.75) is 0 Å². The average molecular weight is 280 g/mol. The molecule has 20 heavy (non-hydrogen) atoms. The van der Waals surface area contributed by atoms with E-state index in [1.54, 1.807) is 0 Å². The molecule has 1 aromatic carbocycles. The number of amides is 2. The topological polar surface area (TPSA) is 105 Å². The number of likely N-dealkylation sites (N-methyl/N-ethyl adjacent to an activating group) is 1. The van der Waals surface area contributed by atoms with Gasteiger partial charge in [-0.25, -0.2) is 0 Å². The van der Waals surface area contributed by atoms with Crippen molar-refractivity contribution >= 4 is 23.2 Å². The van der Waals surface area contributed by atoms with Gasteiger partial charge in [0.2, 0.25) is 0 Å². The minimum absolute atomic E-state index is 0.0848.